The van der Waals surface area contributed by atoms with Crippen LogP contribution in [0.3, 0.4) is 0 Å². The summed E-state index contributed by atoms with van der Waals surface area (Å²) in [5.74, 6) is -0.125. The number of benzene rings is 1. The van der Waals surface area contributed by atoms with Gasteiger partial charge in [0.05, 0.1) is 0 Å². The summed E-state index contributed by atoms with van der Waals surface area (Å²) in [7, 11) is 0. The van der Waals surface area contributed by atoms with Gasteiger partial charge in [-0.05, 0) is 24.6 Å². The molecule has 3 nitrogen and oxygen atoms in total. The van der Waals surface area contributed by atoms with E-state index in [-0.39, 0.29) is 17.1 Å². The largest absolute Gasteiger partial charge is 0.508 e. The average Bonchev–Trinajstić information content (AvgIpc) is 2.16. The van der Waals surface area contributed by atoms with Crippen LogP contribution in [0, 0.1) is 0 Å². The van der Waals surface area contributed by atoms with Crippen molar-refractivity contribution in [3.63, 3.8) is 0 Å². The lowest BCUT2D eigenvalue weighted by Gasteiger charge is -2.11. The van der Waals surface area contributed by atoms with Gasteiger partial charge >= 0.3 is 0 Å². The van der Waals surface area contributed by atoms with Crippen LogP contribution in [0.15, 0.2) is 36.4 Å². The van der Waals surface area contributed by atoms with Gasteiger partial charge in [0.15, 0.2) is 5.78 Å². The van der Waals surface area contributed by atoms with E-state index in [1.807, 2.05) is 0 Å². The van der Waals surface area contributed by atoms with Crippen LogP contribution in [0.5, 0.6) is 5.75 Å². The first kappa shape index (κ1) is 10.5. The van der Waals surface area contributed by atoms with Gasteiger partial charge in [-0.1, -0.05) is 18.7 Å². The van der Waals surface area contributed by atoms with E-state index in [1.165, 1.54) is 19.1 Å². The highest BCUT2D eigenvalue weighted by molar-refractivity contribution is 5.93. The molecule has 0 spiro atoms. The summed E-state index contributed by atoms with van der Waals surface area (Å²) in [5.41, 5.74) is 0.693. The van der Waals surface area contributed by atoms with Gasteiger partial charge in [-0.25, -0.2) is 0 Å². The van der Waals surface area contributed by atoms with Crippen LogP contribution in [0.2, 0.25) is 0 Å². The normalized spacial score (nSPS) is 12.1. The second-order valence-electron chi connectivity index (χ2n) is 3.08. The van der Waals surface area contributed by atoms with E-state index in [0.717, 1.165) is 0 Å². The minimum absolute atomic E-state index is 0.120. The number of carbonyl (C=O) groups excluding carboxylic acids is 1. The summed E-state index contributed by atoms with van der Waals surface area (Å²) in [6, 6.07) is 6.00. The topological polar surface area (TPSA) is 57.5 Å². The van der Waals surface area contributed by atoms with Crippen LogP contribution < -0.4 is 0 Å². The smallest absolute Gasteiger partial charge is 0.158 e. The standard InChI is InChI=1S/C11H12O3/c1-7(8(2)12)11(14)9-3-5-10(13)6-4-9/h3-6,11,13-14H,1H2,2H3. The van der Waals surface area contributed by atoms with Crippen LogP contribution in [0.25, 0.3) is 0 Å². The number of hydrogen-bond acceptors (Lipinski definition) is 3. The molecule has 0 aromatic heterocycles. The molecule has 0 aliphatic heterocycles. The third-order valence-electron chi connectivity index (χ3n) is 1.99. The van der Waals surface area contributed by atoms with Gasteiger partial charge in [-0.15, -0.1) is 0 Å². The van der Waals surface area contributed by atoms with Crippen molar-refractivity contribution in [2.75, 3.05) is 0 Å². The maximum absolute atomic E-state index is 10.9. The van der Waals surface area contributed by atoms with Crippen LogP contribution in [-0.2, 0) is 4.79 Å². The maximum Gasteiger partial charge on any atom is 0.158 e. The molecule has 1 unspecified atom stereocenters. The molecule has 0 aliphatic rings. The van der Waals surface area contributed by atoms with Crippen molar-refractivity contribution in [2.24, 2.45) is 0 Å². The van der Waals surface area contributed by atoms with Gasteiger partial charge < -0.3 is 10.2 Å². The highest BCUT2D eigenvalue weighted by atomic mass is 16.3. The molecule has 0 radical (unpaired) electrons. The lowest BCUT2D eigenvalue weighted by molar-refractivity contribution is -0.114. The minimum atomic E-state index is -0.992. The molecule has 0 amide bonds. The monoisotopic (exact) mass is 192 g/mol. The number of phenolic OH excluding ortho intramolecular Hbond substituents is 1. The van der Waals surface area contributed by atoms with E-state index in [1.54, 1.807) is 12.1 Å². The molecule has 3 heteroatoms. The second-order valence-corrected chi connectivity index (χ2v) is 3.08. The molecule has 1 aromatic carbocycles. The molecule has 14 heavy (non-hydrogen) atoms. The Kier molecular flexibility index (Phi) is 3.04. The molecule has 0 saturated carbocycles. The predicted molar refractivity (Wildman–Crippen MR) is 52.9 cm³/mol. The van der Waals surface area contributed by atoms with Crippen molar-refractivity contribution >= 4 is 5.78 Å². The van der Waals surface area contributed by atoms with Crippen LogP contribution in [0.4, 0.5) is 0 Å². The number of ketones is 1. The average molecular weight is 192 g/mol. The van der Waals surface area contributed by atoms with Gasteiger partial charge in [-0.2, -0.15) is 0 Å². The number of aliphatic hydroxyl groups is 1. The fourth-order valence-electron chi connectivity index (χ4n) is 1.05. The molecule has 74 valence electrons. The summed E-state index contributed by atoms with van der Waals surface area (Å²) in [5, 5.41) is 18.7. The molecule has 0 aliphatic carbocycles. The van der Waals surface area contributed by atoms with Gasteiger partial charge in [0.25, 0.3) is 0 Å². The van der Waals surface area contributed by atoms with Crippen LogP contribution in [0.1, 0.15) is 18.6 Å². The molecule has 0 bridgehead atoms. The van der Waals surface area contributed by atoms with Crippen molar-refractivity contribution in [1.82, 2.24) is 0 Å². The summed E-state index contributed by atoms with van der Waals surface area (Å²) < 4.78 is 0. The first-order chi connectivity index (χ1) is 6.52. The summed E-state index contributed by atoms with van der Waals surface area (Å²) >= 11 is 0. The number of phenols is 1. The Morgan fingerprint density at radius 1 is 1.36 bits per heavy atom. The summed E-state index contributed by atoms with van der Waals surface area (Å²) in [6.45, 7) is 4.84. The second kappa shape index (κ2) is 4.07. The molecular formula is C11H12O3. The fraction of sp³-hybridized carbons (Fsp3) is 0.182. The molecule has 1 rings (SSSR count). The molecular weight excluding hydrogens is 180 g/mol. The van der Waals surface area contributed by atoms with Crippen molar-refractivity contribution in [1.29, 1.82) is 0 Å². The van der Waals surface area contributed by atoms with E-state index in [9.17, 15) is 9.90 Å². The first-order valence-corrected chi connectivity index (χ1v) is 4.19. The summed E-state index contributed by atoms with van der Waals surface area (Å²) in [4.78, 5) is 10.9. The Morgan fingerprint density at radius 3 is 2.29 bits per heavy atom. The van der Waals surface area contributed by atoms with Crippen molar-refractivity contribution in [3.8, 4) is 5.75 Å². The van der Waals surface area contributed by atoms with Crippen LogP contribution >= 0.6 is 0 Å². The Balaban J connectivity index is 2.89. The summed E-state index contributed by atoms with van der Waals surface area (Å²) in [6.07, 6.45) is -0.992. The first-order valence-electron chi connectivity index (χ1n) is 4.19. The van der Waals surface area contributed by atoms with E-state index >= 15 is 0 Å². The van der Waals surface area contributed by atoms with E-state index in [2.05, 4.69) is 6.58 Å². The van der Waals surface area contributed by atoms with E-state index in [0.29, 0.717) is 5.56 Å². The van der Waals surface area contributed by atoms with E-state index < -0.39 is 6.10 Å². The molecule has 1 aromatic rings. The molecule has 2 N–H and O–H groups in total. The maximum atomic E-state index is 10.9. The molecule has 0 heterocycles. The third-order valence-corrected chi connectivity index (χ3v) is 1.99. The highest BCUT2D eigenvalue weighted by Gasteiger charge is 2.14. The number of aliphatic hydroxyl groups excluding tert-OH is 1. The van der Waals surface area contributed by atoms with Crippen molar-refractivity contribution < 1.29 is 15.0 Å². The predicted octanol–water partition coefficient (Wildman–Crippen LogP) is 1.57. The highest BCUT2D eigenvalue weighted by Crippen LogP contribution is 2.22. The molecule has 0 fully saturated rings. The van der Waals surface area contributed by atoms with Gasteiger partial charge in [-0.3, -0.25) is 4.79 Å². The zero-order valence-electron chi connectivity index (χ0n) is 7.90. The number of hydrogen-bond donors (Lipinski definition) is 2. The SMILES string of the molecule is C=C(C(C)=O)C(O)c1ccc(O)cc1. The molecule has 1 atom stereocenters. The number of Topliss-reactive ketones (excluding diaryl/α,β-unsaturated/α-hetero) is 1. The zero-order chi connectivity index (χ0) is 10.7. The quantitative estimate of drug-likeness (QED) is 0.715. The van der Waals surface area contributed by atoms with Crippen LogP contribution in [-0.4, -0.2) is 16.0 Å². The lowest BCUT2D eigenvalue weighted by atomic mass is 10.0. The lowest BCUT2D eigenvalue weighted by Crippen LogP contribution is -2.06. The minimum Gasteiger partial charge on any atom is -0.508 e. The Morgan fingerprint density at radius 2 is 1.86 bits per heavy atom. The van der Waals surface area contributed by atoms with Gasteiger partial charge in [0, 0.05) is 5.57 Å². The van der Waals surface area contributed by atoms with Crippen molar-refractivity contribution in [2.45, 2.75) is 13.0 Å². The van der Waals surface area contributed by atoms with E-state index in [4.69, 9.17) is 5.11 Å². The Labute approximate surface area is 82.3 Å². The van der Waals surface area contributed by atoms with Crippen molar-refractivity contribution in [3.05, 3.63) is 42.0 Å². The third kappa shape index (κ3) is 2.20. The fourth-order valence-corrected chi connectivity index (χ4v) is 1.05. The number of aromatic hydroxyl groups is 1. The number of rotatable bonds is 3. The molecule has 0 saturated heterocycles. The van der Waals surface area contributed by atoms with Gasteiger partial charge in [0.2, 0.25) is 0 Å². The Bertz CT molecular complexity index is 351. The number of carbonyl (C=O) groups is 1. The zero-order valence-corrected chi connectivity index (χ0v) is 7.90. The Hall–Kier alpha value is -1.61. The van der Waals surface area contributed by atoms with Gasteiger partial charge in [0.1, 0.15) is 11.9 Å².